The van der Waals surface area contributed by atoms with E-state index in [-0.39, 0.29) is 56.9 Å². The summed E-state index contributed by atoms with van der Waals surface area (Å²) in [6, 6.07) is 9.42. The molecule has 2 heterocycles. The maximum absolute atomic E-state index is 14.8. The van der Waals surface area contributed by atoms with Crippen molar-refractivity contribution in [3.63, 3.8) is 0 Å². The number of benzene rings is 2. The molecule has 5 atom stereocenters. The van der Waals surface area contributed by atoms with Crippen LogP contribution in [0.15, 0.2) is 65.9 Å². The van der Waals surface area contributed by atoms with Gasteiger partial charge in [-0.2, -0.15) is 0 Å². The van der Waals surface area contributed by atoms with Gasteiger partial charge in [0.25, 0.3) is 0 Å². The first kappa shape index (κ1) is 63.1. The molecule has 0 saturated carbocycles. The van der Waals surface area contributed by atoms with Crippen molar-refractivity contribution >= 4 is 63.2 Å². The normalized spacial score (nSPS) is 13.3. The zero-order chi connectivity index (χ0) is 55.6. The van der Waals surface area contributed by atoms with Crippen LogP contribution in [-0.4, -0.2) is 101 Å². The number of carbonyl (C=O) groups excluding carboxylic acids is 6. The molecule has 4 rings (SSSR count). The number of primary amides is 1. The maximum atomic E-state index is 14.8. The summed E-state index contributed by atoms with van der Waals surface area (Å²) in [6.45, 7) is 3.22. The van der Waals surface area contributed by atoms with Crippen LogP contribution in [0.25, 0.3) is 21.8 Å². The molecule has 0 aliphatic rings. The lowest BCUT2D eigenvalue weighted by atomic mass is 10.00. The molecule has 0 fully saturated rings. The molecule has 0 aliphatic carbocycles. The summed E-state index contributed by atoms with van der Waals surface area (Å²) in [4.78, 5) is 94.6. The van der Waals surface area contributed by atoms with Gasteiger partial charge in [-0.05, 0) is 94.1 Å². The summed E-state index contributed by atoms with van der Waals surface area (Å²) >= 11 is 0. The van der Waals surface area contributed by atoms with Gasteiger partial charge in [-0.15, -0.1) is 0 Å². The first-order chi connectivity index (χ1) is 37.3. The van der Waals surface area contributed by atoms with E-state index in [1.807, 2.05) is 48.5 Å². The molecule has 2 aromatic heterocycles. The van der Waals surface area contributed by atoms with Gasteiger partial charge in [0, 0.05) is 60.0 Å². The van der Waals surface area contributed by atoms with Gasteiger partial charge in [-0.25, -0.2) is 0 Å². The van der Waals surface area contributed by atoms with E-state index >= 15 is 0 Å². The minimum absolute atomic E-state index is 0.00173. The fourth-order valence-electron chi connectivity index (χ4n) is 9.78. The fraction of sp³-hybridized carbons (Fsp3) is 0.603. The van der Waals surface area contributed by atoms with Gasteiger partial charge in [0.1, 0.15) is 30.2 Å². The minimum atomic E-state index is -1.27. The predicted octanol–water partition coefficient (Wildman–Crippen LogP) is 5.92. The van der Waals surface area contributed by atoms with Gasteiger partial charge in [0.05, 0.1) is 0 Å². The number of rotatable bonds is 42. The van der Waals surface area contributed by atoms with Crippen molar-refractivity contribution in [2.45, 2.75) is 204 Å². The van der Waals surface area contributed by atoms with E-state index in [0.717, 1.165) is 46.6 Å². The van der Waals surface area contributed by atoms with Crippen LogP contribution in [0.5, 0.6) is 0 Å². The van der Waals surface area contributed by atoms with Crippen LogP contribution in [0.3, 0.4) is 0 Å². The highest BCUT2D eigenvalue weighted by Crippen LogP contribution is 2.22. The van der Waals surface area contributed by atoms with E-state index in [0.29, 0.717) is 57.2 Å². The molecule has 426 valence electrons. The second-order valence-corrected chi connectivity index (χ2v) is 20.6. The molecule has 0 unspecified atom stereocenters. The summed E-state index contributed by atoms with van der Waals surface area (Å²) in [7, 11) is 0. The number of guanidine groups is 1. The van der Waals surface area contributed by atoms with E-state index in [1.165, 1.54) is 70.6 Å². The van der Waals surface area contributed by atoms with Crippen LogP contribution in [0, 0.1) is 0 Å². The number of unbranched alkanes of at least 4 members (excludes halogenated alkanes) is 16. The third-order valence-electron chi connectivity index (χ3n) is 14.3. The van der Waals surface area contributed by atoms with Crippen LogP contribution >= 0.6 is 0 Å². The molecule has 0 aliphatic heterocycles. The number of H-pyrrole nitrogens is 2. The SMILES string of the molecule is CCCCCCCCCCCCCCCCCC(=O)N[C@@H](CCCN=C(N)N)C(=O)N[C@@H](CCCCN)C(=O)N[C@@H](Cc1c[nH]c2ccccc12)C(=O)N[C@@H](Cc1c[nH]c2ccccc12)C(=O)N[C@@H](CCCCN)C(N)=O. The molecule has 19 heteroatoms. The Hall–Kier alpha value is -6.47. The molecule has 77 heavy (non-hydrogen) atoms. The third kappa shape index (κ3) is 23.8. The van der Waals surface area contributed by atoms with Gasteiger partial charge in [-0.1, -0.05) is 133 Å². The van der Waals surface area contributed by atoms with Crippen LogP contribution in [0.4, 0.5) is 0 Å². The van der Waals surface area contributed by atoms with Gasteiger partial charge >= 0.3 is 0 Å². The monoisotopic (exact) mass is 1070 g/mol. The lowest BCUT2D eigenvalue weighted by Crippen LogP contribution is -2.59. The second-order valence-electron chi connectivity index (χ2n) is 20.6. The number of para-hydroxylation sites is 2. The quantitative estimate of drug-likeness (QED) is 0.0141. The Kier molecular flexibility index (Phi) is 29.9. The molecule has 19 nitrogen and oxygen atoms in total. The number of aromatic amines is 2. The lowest BCUT2D eigenvalue weighted by molar-refractivity contribution is -0.135. The van der Waals surface area contributed by atoms with Crippen LogP contribution in [0.1, 0.15) is 172 Å². The molecule has 0 radical (unpaired) electrons. The van der Waals surface area contributed by atoms with Crippen molar-refractivity contribution in [3.05, 3.63) is 72.1 Å². The van der Waals surface area contributed by atoms with E-state index in [4.69, 9.17) is 28.7 Å². The summed E-state index contributed by atoms with van der Waals surface area (Å²) < 4.78 is 0. The molecule has 4 aromatic rings. The summed E-state index contributed by atoms with van der Waals surface area (Å²) in [5.41, 5.74) is 31.6. The number of nitrogens with two attached hydrogens (primary N) is 5. The molecule has 17 N–H and O–H groups in total. The average Bonchev–Trinajstić information content (AvgIpc) is 4.03. The topological polar surface area (TPSA) is 337 Å². The highest BCUT2D eigenvalue weighted by Gasteiger charge is 2.33. The summed E-state index contributed by atoms with van der Waals surface area (Å²) in [6.07, 6.45) is 25.0. The number of hydrogen-bond donors (Lipinski definition) is 12. The Labute approximate surface area is 456 Å². The first-order valence-electron chi connectivity index (χ1n) is 28.7. The smallest absolute Gasteiger partial charge is 0.243 e. The van der Waals surface area contributed by atoms with Crippen molar-refractivity contribution in [1.29, 1.82) is 0 Å². The number of nitrogens with one attached hydrogen (secondary N) is 7. The van der Waals surface area contributed by atoms with Gasteiger partial charge in [0.15, 0.2) is 5.96 Å². The highest BCUT2D eigenvalue weighted by molar-refractivity contribution is 5.97. The molecular formula is C58H93N13O6. The molecule has 0 saturated heterocycles. The summed E-state index contributed by atoms with van der Waals surface area (Å²) in [5.74, 6) is -3.64. The van der Waals surface area contributed by atoms with Crippen molar-refractivity contribution in [3.8, 4) is 0 Å². The lowest BCUT2D eigenvalue weighted by Gasteiger charge is -2.27. The molecular weight excluding hydrogens is 975 g/mol. The Morgan fingerprint density at radius 1 is 0.468 bits per heavy atom. The fourth-order valence-corrected chi connectivity index (χ4v) is 9.78. The first-order valence-corrected chi connectivity index (χ1v) is 28.7. The molecule has 0 spiro atoms. The van der Waals surface area contributed by atoms with E-state index in [9.17, 15) is 28.8 Å². The van der Waals surface area contributed by atoms with Crippen LogP contribution < -0.4 is 55.3 Å². The molecule has 6 amide bonds. The Balaban J connectivity index is 1.50. The third-order valence-corrected chi connectivity index (χ3v) is 14.3. The minimum Gasteiger partial charge on any atom is -0.370 e. The van der Waals surface area contributed by atoms with Crippen LogP contribution in [0.2, 0.25) is 0 Å². The van der Waals surface area contributed by atoms with Crippen LogP contribution in [-0.2, 0) is 41.6 Å². The molecule has 2 aromatic carbocycles. The average molecular weight is 1070 g/mol. The highest BCUT2D eigenvalue weighted by atomic mass is 16.2. The number of aliphatic imine (C=N–C) groups is 1. The van der Waals surface area contributed by atoms with E-state index in [1.54, 1.807) is 12.4 Å². The number of nitrogens with zero attached hydrogens (tertiary/aromatic N) is 1. The van der Waals surface area contributed by atoms with Crippen molar-refractivity contribution < 1.29 is 28.8 Å². The zero-order valence-corrected chi connectivity index (χ0v) is 45.9. The Morgan fingerprint density at radius 3 is 1.31 bits per heavy atom. The maximum Gasteiger partial charge on any atom is 0.243 e. The predicted molar refractivity (Wildman–Crippen MR) is 308 cm³/mol. The van der Waals surface area contributed by atoms with E-state index in [2.05, 4.69) is 48.5 Å². The Morgan fingerprint density at radius 2 is 0.857 bits per heavy atom. The van der Waals surface area contributed by atoms with Crippen molar-refractivity contribution in [2.75, 3.05) is 19.6 Å². The summed E-state index contributed by atoms with van der Waals surface area (Å²) in [5, 5.41) is 16.1. The second kappa shape index (κ2) is 36.5. The van der Waals surface area contributed by atoms with Gasteiger partial charge in [0.2, 0.25) is 35.4 Å². The standard InChI is InChI=1S/C58H93N13O6/c1-2-3-4-5-6-7-8-9-10-11-12-13-14-15-16-33-52(72)67-48(32-25-36-64-58(62)63)54(74)69-49(31-22-24-35-60)55(75)70-51(38-42-40-66-46-29-20-18-27-44(42)46)57(77)71-50(37-41-39-65-45-28-19-17-26-43(41)45)56(76)68-47(53(61)73)30-21-23-34-59/h17-20,26-29,39-40,47-51,65-66H,2-16,21-25,30-38,59-60H2,1H3,(H2,61,73)(H,67,72)(H,68,76)(H,69,74)(H,70,75)(H,71,77)(H4,62,63,64)/t47-,48-,49-,50-,51-/m0/s1. The largest absolute Gasteiger partial charge is 0.370 e. The van der Waals surface area contributed by atoms with Crippen molar-refractivity contribution in [1.82, 2.24) is 36.6 Å². The van der Waals surface area contributed by atoms with E-state index < -0.39 is 59.7 Å². The number of fused-ring (bicyclic) bond motifs is 2. The number of carbonyl (C=O) groups is 6. The zero-order valence-electron chi connectivity index (χ0n) is 45.9. The van der Waals surface area contributed by atoms with Gasteiger partial charge in [-0.3, -0.25) is 33.8 Å². The Bertz CT molecular complexity index is 2410. The molecule has 0 bridgehead atoms. The van der Waals surface area contributed by atoms with Gasteiger partial charge < -0.3 is 65.2 Å². The number of hydrogen-bond acceptors (Lipinski definition) is 9. The number of aromatic nitrogens is 2. The number of amides is 6. The van der Waals surface area contributed by atoms with Crippen molar-refractivity contribution in [2.24, 2.45) is 33.7 Å².